The van der Waals surface area contributed by atoms with Gasteiger partial charge in [0.1, 0.15) is 0 Å². The molecule has 3 aromatic rings. The Hall–Kier alpha value is -2.09. The summed E-state index contributed by atoms with van der Waals surface area (Å²) in [6.07, 6.45) is 0. The summed E-state index contributed by atoms with van der Waals surface area (Å²) in [6, 6.07) is 14.5. The number of halogens is 1. The summed E-state index contributed by atoms with van der Waals surface area (Å²) in [5, 5.41) is 13.2. The number of rotatable bonds is 0. The highest BCUT2D eigenvalue weighted by molar-refractivity contribution is 6.09. The van der Waals surface area contributed by atoms with Gasteiger partial charge in [0, 0.05) is 5.39 Å². The topological polar surface area (TPSA) is 20.2 Å². The zero-order chi connectivity index (χ0) is 11.1. The zero-order valence-electron chi connectivity index (χ0n) is 8.44. The Bertz CT molecular complexity index is 689. The molecule has 0 bridgehead atoms. The van der Waals surface area contributed by atoms with E-state index in [2.05, 4.69) is 0 Å². The summed E-state index contributed by atoms with van der Waals surface area (Å²) in [6.45, 7) is 0. The van der Waals surface area contributed by atoms with Crippen molar-refractivity contribution < 1.29 is 9.50 Å². The number of hydrogen-bond acceptors (Lipinski definition) is 1. The third-order valence-electron chi connectivity index (χ3n) is 2.85. The summed E-state index contributed by atoms with van der Waals surface area (Å²) in [4.78, 5) is 0. The molecular weight excluding hydrogens is 203 g/mol. The van der Waals surface area contributed by atoms with Crippen molar-refractivity contribution in [1.82, 2.24) is 0 Å². The van der Waals surface area contributed by atoms with Crippen molar-refractivity contribution >= 4 is 21.5 Å². The third-order valence-corrected chi connectivity index (χ3v) is 2.85. The fourth-order valence-corrected chi connectivity index (χ4v) is 2.05. The molecule has 1 N–H and O–H groups in total. The van der Waals surface area contributed by atoms with E-state index in [1.807, 2.05) is 30.3 Å². The number of phenols is 1. The third kappa shape index (κ3) is 1.16. The van der Waals surface area contributed by atoms with Crippen LogP contribution in [0.1, 0.15) is 0 Å². The van der Waals surface area contributed by atoms with Gasteiger partial charge in [-0.05, 0) is 28.3 Å². The second kappa shape index (κ2) is 3.20. The van der Waals surface area contributed by atoms with Crippen molar-refractivity contribution in [3.8, 4) is 5.75 Å². The highest BCUT2D eigenvalue weighted by atomic mass is 19.1. The molecule has 16 heavy (non-hydrogen) atoms. The maximum atomic E-state index is 13.2. The Morgan fingerprint density at radius 3 is 2.38 bits per heavy atom. The average Bonchev–Trinajstić information content (AvgIpc) is 2.33. The Morgan fingerprint density at radius 2 is 1.50 bits per heavy atom. The first kappa shape index (κ1) is 9.16. The summed E-state index contributed by atoms with van der Waals surface area (Å²) >= 11 is 0. The van der Waals surface area contributed by atoms with Crippen molar-refractivity contribution in [2.45, 2.75) is 0 Å². The minimum atomic E-state index is -0.581. The van der Waals surface area contributed by atoms with E-state index in [-0.39, 0.29) is 5.75 Å². The Labute approximate surface area is 91.8 Å². The van der Waals surface area contributed by atoms with Crippen molar-refractivity contribution in [3.63, 3.8) is 0 Å². The lowest BCUT2D eigenvalue weighted by Gasteiger charge is -2.05. The van der Waals surface area contributed by atoms with Crippen LogP contribution in [0.4, 0.5) is 4.39 Å². The number of aromatic hydroxyl groups is 1. The minimum Gasteiger partial charge on any atom is -0.504 e. The summed E-state index contributed by atoms with van der Waals surface area (Å²) in [5.41, 5.74) is 0. The fraction of sp³-hybridized carbons (Fsp3) is 0. The first-order valence-electron chi connectivity index (χ1n) is 5.06. The average molecular weight is 212 g/mol. The van der Waals surface area contributed by atoms with Gasteiger partial charge >= 0.3 is 0 Å². The minimum absolute atomic E-state index is 0.275. The second-order valence-corrected chi connectivity index (χ2v) is 3.78. The molecule has 0 aliphatic carbocycles. The van der Waals surface area contributed by atoms with Gasteiger partial charge in [0.15, 0.2) is 11.6 Å². The second-order valence-electron chi connectivity index (χ2n) is 3.78. The molecule has 0 unspecified atom stereocenters. The first-order valence-corrected chi connectivity index (χ1v) is 5.06. The molecule has 0 heterocycles. The van der Waals surface area contributed by atoms with E-state index < -0.39 is 5.82 Å². The molecule has 78 valence electrons. The molecule has 3 aromatic carbocycles. The van der Waals surface area contributed by atoms with Gasteiger partial charge in [-0.15, -0.1) is 0 Å². The molecule has 0 aliphatic rings. The van der Waals surface area contributed by atoms with E-state index in [4.69, 9.17) is 0 Å². The molecule has 0 saturated carbocycles. The largest absolute Gasteiger partial charge is 0.504 e. The van der Waals surface area contributed by atoms with E-state index in [9.17, 15) is 9.50 Å². The van der Waals surface area contributed by atoms with Crippen molar-refractivity contribution in [1.29, 1.82) is 0 Å². The van der Waals surface area contributed by atoms with E-state index in [1.165, 1.54) is 6.07 Å². The number of benzene rings is 3. The van der Waals surface area contributed by atoms with Crippen LogP contribution in [-0.2, 0) is 0 Å². The van der Waals surface area contributed by atoms with Gasteiger partial charge in [0.05, 0.1) is 0 Å². The van der Waals surface area contributed by atoms with Crippen molar-refractivity contribution in [3.05, 3.63) is 54.3 Å². The summed E-state index contributed by atoms with van der Waals surface area (Å²) in [5.74, 6) is -0.856. The van der Waals surface area contributed by atoms with Crippen LogP contribution in [-0.4, -0.2) is 5.11 Å². The number of fused-ring (bicyclic) bond motifs is 3. The normalized spacial score (nSPS) is 11.1. The molecule has 1 nitrogen and oxygen atoms in total. The van der Waals surface area contributed by atoms with Crippen LogP contribution in [0.3, 0.4) is 0 Å². The lowest BCUT2D eigenvalue weighted by molar-refractivity contribution is 0.439. The van der Waals surface area contributed by atoms with Gasteiger partial charge in [-0.25, -0.2) is 4.39 Å². The van der Waals surface area contributed by atoms with E-state index in [0.717, 1.165) is 16.2 Å². The molecule has 2 heteroatoms. The van der Waals surface area contributed by atoms with E-state index >= 15 is 0 Å². The molecule has 0 atom stereocenters. The Morgan fingerprint density at radius 1 is 0.750 bits per heavy atom. The van der Waals surface area contributed by atoms with Crippen LogP contribution >= 0.6 is 0 Å². The lowest BCUT2D eigenvalue weighted by Crippen LogP contribution is -1.81. The van der Waals surface area contributed by atoms with Crippen LogP contribution < -0.4 is 0 Å². The van der Waals surface area contributed by atoms with E-state index in [0.29, 0.717) is 5.39 Å². The van der Waals surface area contributed by atoms with Crippen molar-refractivity contribution in [2.75, 3.05) is 0 Å². The van der Waals surface area contributed by atoms with Gasteiger partial charge in [0.25, 0.3) is 0 Å². The summed E-state index contributed by atoms with van der Waals surface area (Å²) in [7, 11) is 0. The molecular formula is C14H9FO. The monoisotopic (exact) mass is 212 g/mol. The Balaban J connectivity index is 2.58. The fourth-order valence-electron chi connectivity index (χ4n) is 2.05. The Kier molecular flexibility index (Phi) is 1.83. The molecule has 0 amide bonds. The van der Waals surface area contributed by atoms with Crippen LogP contribution in [0, 0.1) is 5.82 Å². The van der Waals surface area contributed by atoms with E-state index in [1.54, 1.807) is 12.1 Å². The van der Waals surface area contributed by atoms with Crippen LogP contribution in [0.15, 0.2) is 48.5 Å². The van der Waals surface area contributed by atoms with Crippen LogP contribution in [0.2, 0.25) is 0 Å². The smallest absolute Gasteiger partial charge is 0.165 e. The highest BCUT2D eigenvalue weighted by Crippen LogP contribution is 2.32. The quantitative estimate of drug-likeness (QED) is 0.561. The maximum Gasteiger partial charge on any atom is 0.165 e. The van der Waals surface area contributed by atoms with Crippen LogP contribution in [0.25, 0.3) is 21.5 Å². The standard InChI is InChI=1S/C14H9FO/c15-13-8-7-11-10-4-2-1-3-9(10)5-6-12(11)14(13)16/h1-8,16H. The predicted octanol–water partition coefficient (Wildman–Crippen LogP) is 3.84. The van der Waals surface area contributed by atoms with Gasteiger partial charge < -0.3 is 5.11 Å². The molecule has 0 fully saturated rings. The number of hydrogen-bond donors (Lipinski definition) is 1. The van der Waals surface area contributed by atoms with Crippen molar-refractivity contribution in [2.24, 2.45) is 0 Å². The predicted molar refractivity (Wildman–Crippen MR) is 63.1 cm³/mol. The number of phenolic OH excluding ortho intramolecular Hbond substituents is 1. The molecule has 0 spiro atoms. The molecule has 0 aliphatic heterocycles. The lowest BCUT2D eigenvalue weighted by atomic mass is 10.0. The highest BCUT2D eigenvalue weighted by Gasteiger charge is 2.07. The van der Waals surface area contributed by atoms with Gasteiger partial charge in [0.2, 0.25) is 0 Å². The van der Waals surface area contributed by atoms with Gasteiger partial charge in [-0.1, -0.05) is 36.4 Å². The SMILES string of the molecule is Oc1c(F)ccc2c1ccc1ccccc12. The molecule has 0 saturated heterocycles. The zero-order valence-corrected chi connectivity index (χ0v) is 8.44. The van der Waals surface area contributed by atoms with Crippen LogP contribution in [0.5, 0.6) is 5.75 Å². The first-order chi connectivity index (χ1) is 7.77. The van der Waals surface area contributed by atoms with Gasteiger partial charge in [-0.2, -0.15) is 0 Å². The molecule has 0 aromatic heterocycles. The molecule has 0 radical (unpaired) electrons. The molecule has 3 rings (SSSR count). The maximum absolute atomic E-state index is 13.2. The van der Waals surface area contributed by atoms with Gasteiger partial charge in [-0.3, -0.25) is 0 Å². The summed E-state index contributed by atoms with van der Waals surface area (Å²) < 4.78 is 13.2.